The van der Waals surface area contributed by atoms with Gasteiger partial charge in [0, 0.05) is 6.61 Å². The maximum absolute atomic E-state index is 6.13. The number of hydrogen-bond acceptors (Lipinski definition) is 3. The van der Waals surface area contributed by atoms with Gasteiger partial charge in [0.25, 0.3) is 0 Å². The third-order valence-electron chi connectivity index (χ3n) is 2.95. The smallest absolute Gasteiger partial charge is 0.162 e. The summed E-state index contributed by atoms with van der Waals surface area (Å²) in [7, 11) is 0. The Morgan fingerprint density at radius 3 is 2.24 bits per heavy atom. The molecule has 0 N–H and O–H groups in total. The highest BCUT2D eigenvalue weighted by atomic mass is 127. The molecule has 5 heteroatoms. The molecule has 0 spiro atoms. The Morgan fingerprint density at radius 2 is 1.82 bits per heavy atom. The van der Waals surface area contributed by atoms with Gasteiger partial charge < -0.3 is 4.74 Å². The van der Waals surface area contributed by atoms with Crippen LogP contribution in [0.4, 0.5) is 0 Å². The molecular weight excluding hydrogens is 351 g/mol. The lowest BCUT2D eigenvalue weighted by molar-refractivity contribution is -0.0572. The summed E-state index contributed by atoms with van der Waals surface area (Å²) < 4.78 is 6.79. The van der Waals surface area contributed by atoms with Crippen LogP contribution in [0.1, 0.15) is 45.1 Å². The zero-order valence-corrected chi connectivity index (χ0v) is 13.6. The first-order valence-electron chi connectivity index (χ1n) is 5.84. The van der Waals surface area contributed by atoms with E-state index in [4.69, 9.17) is 16.3 Å². The minimum Gasteiger partial charge on any atom is -0.367 e. The van der Waals surface area contributed by atoms with E-state index in [1.807, 2.05) is 13.8 Å². The molecule has 1 rings (SSSR count). The van der Waals surface area contributed by atoms with Gasteiger partial charge in [0.15, 0.2) is 5.82 Å². The van der Waals surface area contributed by atoms with Crippen LogP contribution in [0.25, 0.3) is 0 Å². The molecule has 0 aliphatic heterocycles. The van der Waals surface area contributed by atoms with E-state index in [0.29, 0.717) is 17.6 Å². The Hall–Kier alpha value is 0.0600. The molecule has 0 amide bonds. The molecule has 96 valence electrons. The van der Waals surface area contributed by atoms with Crippen LogP contribution in [0.2, 0.25) is 5.15 Å². The zero-order valence-electron chi connectivity index (χ0n) is 10.7. The van der Waals surface area contributed by atoms with Gasteiger partial charge in [0.05, 0.1) is 9.26 Å². The molecule has 0 fully saturated rings. The normalized spacial score (nSPS) is 11.9. The largest absolute Gasteiger partial charge is 0.367 e. The maximum atomic E-state index is 6.13. The summed E-state index contributed by atoms with van der Waals surface area (Å²) >= 11 is 8.29. The van der Waals surface area contributed by atoms with Crippen molar-refractivity contribution in [2.75, 3.05) is 6.61 Å². The highest BCUT2D eigenvalue weighted by molar-refractivity contribution is 14.1. The summed E-state index contributed by atoms with van der Waals surface area (Å²) in [4.78, 5) is 8.93. The van der Waals surface area contributed by atoms with Crippen molar-refractivity contribution in [1.29, 1.82) is 0 Å². The van der Waals surface area contributed by atoms with Gasteiger partial charge in [0.1, 0.15) is 10.8 Å². The number of aromatic nitrogens is 2. The van der Waals surface area contributed by atoms with Crippen molar-refractivity contribution in [3.8, 4) is 0 Å². The first-order valence-corrected chi connectivity index (χ1v) is 7.30. The second-order valence-corrected chi connectivity index (χ2v) is 5.31. The Labute approximate surface area is 121 Å². The molecule has 17 heavy (non-hydrogen) atoms. The number of halogens is 2. The fraction of sp³-hybridized carbons (Fsp3) is 0.667. The molecule has 0 saturated carbocycles. The molecule has 1 aromatic heterocycles. The summed E-state index contributed by atoms with van der Waals surface area (Å²) in [6.07, 6.45) is 1.68. The zero-order chi connectivity index (χ0) is 13.1. The molecule has 0 atom stereocenters. The SMILES string of the molecule is CCOC(CC)(CC)c1nc(C)c(I)c(Cl)n1. The first kappa shape index (κ1) is 15.1. The van der Waals surface area contributed by atoms with Crippen molar-refractivity contribution in [1.82, 2.24) is 9.97 Å². The minimum atomic E-state index is -0.409. The molecule has 0 aliphatic carbocycles. The van der Waals surface area contributed by atoms with Gasteiger partial charge in [-0.1, -0.05) is 25.4 Å². The predicted molar refractivity (Wildman–Crippen MR) is 78.4 cm³/mol. The molecule has 0 aliphatic rings. The molecule has 0 unspecified atom stereocenters. The van der Waals surface area contributed by atoms with E-state index in [-0.39, 0.29) is 0 Å². The topological polar surface area (TPSA) is 35.0 Å². The number of rotatable bonds is 5. The van der Waals surface area contributed by atoms with E-state index in [0.717, 1.165) is 22.1 Å². The molecule has 1 heterocycles. The summed E-state index contributed by atoms with van der Waals surface area (Å²) in [6.45, 7) is 8.75. The highest BCUT2D eigenvalue weighted by Crippen LogP contribution is 2.32. The van der Waals surface area contributed by atoms with Gasteiger partial charge in [-0.05, 0) is 49.3 Å². The maximum Gasteiger partial charge on any atom is 0.162 e. The monoisotopic (exact) mass is 368 g/mol. The molecule has 0 aromatic carbocycles. The van der Waals surface area contributed by atoms with Crippen molar-refractivity contribution >= 4 is 34.2 Å². The van der Waals surface area contributed by atoms with Crippen molar-refractivity contribution in [3.05, 3.63) is 20.2 Å². The average Bonchev–Trinajstić information content (AvgIpc) is 2.32. The van der Waals surface area contributed by atoms with Gasteiger partial charge in [0.2, 0.25) is 0 Å². The van der Waals surface area contributed by atoms with E-state index >= 15 is 0 Å². The van der Waals surface area contributed by atoms with Crippen LogP contribution in [-0.4, -0.2) is 16.6 Å². The van der Waals surface area contributed by atoms with Gasteiger partial charge >= 0.3 is 0 Å². The van der Waals surface area contributed by atoms with Crippen molar-refractivity contribution in [2.45, 2.75) is 46.1 Å². The van der Waals surface area contributed by atoms with Crippen LogP contribution < -0.4 is 0 Å². The Bertz CT molecular complexity index is 371. The van der Waals surface area contributed by atoms with E-state index < -0.39 is 5.60 Å². The Morgan fingerprint density at radius 1 is 1.24 bits per heavy atom. The van der Waals surface area contributed by atoms with Crippen LogP contribution in [-0.2, 0) is 10.3 Å². The van der Waals surface area contributed by atoms with Gasteiger partial charge in [-0.15, -0.1) is 0 Å². The second-order valence-electron chi connectivity index (χ2n) is 3.87. The second kappa shape index (κ2) is 6.29. The number of aryl methyl sites for hydroxylation is 1. The Balaban J connectivity index is 3.28. The average molecular weight is 369 g/mol. The summed E-state index contributed by atoms with van der Waals surface area (Å²) in [5.74, 6) is 0.701. The van der Waals surface area contributed by atoms with Gasteiger partial charge in [-0.3, -0.25) is 0 Å². The molecule has 0 bridgehead atoms. The molecule has 1 aromatic rings. The Kier molecular flexibility index (Phi) is 5.60. The standard InChI is InChI=1S/C12H18ClIN2O/c1-5-12(6-2,17-7-3)11-15-8(4)9(14)10(13)16-11/h5-7H2,1-4H3. The fourth-order valence-electron chi connectivity index (χ4n) is 1.84. The third kappa shape index (κ3) is 3.09. The number of nitrogens with zero attached hydrogens (tertiary/aromatic N) is 2. The van der Waals surface area contributed by atoms with Crippen LogP contribution in [0, 0.1) is 10.5 Å². The summed E-state index contributed by atoms with van der Waals surface area (Å²) in [6, 6.07) is 0. The lowest BCUT2D eigenvalue weighted by Crippen LogP contribution is -2.31. The van der Waals surface area contributed by atoms with Crippen molar-refractivity contribution in [3.63, 3.8) is 0 Å². The lowest BCUT2D eigenvalue weighted by Gasteiger charge is -2.30. The summed E-state index contributed by atoms with van der Waals surface area (Å²) in [5, 5.41) is 0.513. The van der Waals surface area contributed by atoms with Gasteiger partial charge in [-0.25, -0.2) is 9.97 Å². The molecule has 0 saturated heterocycles. The van der Waals surface area contributed by atoms with Crippen LogP contribution in [0.5, 0.6) is 0 Å². The molecular formula is C12H18ClIN2O. The molecule has 3 nitrogen and oxygen atoms in total. The quantitative estimate of drug-likeness (QED) is 0.580. The highest BCUT2D eigenvalue weighted by Gasteiger charge is 2.33. The number of hydrogen-bond donors (Lipinski definition) is 0. The summed E-state index contributed by atoms with van der Waals surface area (Å²) in [5.41, 5.74) is 0.500. The fourth-order valence-corrected chi connectivity index (χ4v) is 2.30. The predicted octanol–water partition coefficient (Wildman–Crippen LogP) is 4.09. The van der Waals surface area contributed by atoms with Crippen LogP contribution in [0.3, 0.4) is 0 Å². The van der Waals surface area contributed by atoms with Crippen LogP contribution >= 0.6 is 34.2 Å². The van der Waals surface area contributed by atoms with Crippen molar-refractivity contribution < 1.29 is 4.74 Å². The van der Waals surface area contributed by atoms with Gasteiger partial charge in [-0.2, -0.15) is 0 Å². The van der Waals surface area contributed by atoms with E-state index in [2.05, 4.69) is 46.4 Å². The van der Waals surface area contributed by atoms with E-state index in [9.17, 15) is 0 Å². The lowest BCUT2D eigenvalue weighted by atomic mass is 9.96. The minimum absolute atomic E-state index is 0.409. The van der Waals surface area contributed by atoms with Crippen LogP contribution in [0.15, 0.2) is 0 Å². The van der Waals surface area contributed by atoms with E-state index in [1.54, 1.807) is 0 Å². The van der Waals surface area contributed by atoms with Crippen molar-refractivity contribution in [2.24, 2.45) is 0 Å². The number of ether oxygens (including phenoxy) is 1. The third-order valence-corrected chi connectivity index (χ3v) is 4.83. The molecule has 0 radical (unpaired) electrons. The first-order chi connectivity index (χ1) is 8.00. The van der Waals surface area contributed by atoms with E-state index in [1.165, 1.54) is 0 Å².